The van der Waals surface area contributed by atoms with Crippen LogP contribution in [0.15, 0.2) is 60.0 Å². The van der Waals surface area contributed by atoms with Crippen LogP contribution in [0.5, 0.6) is 0 Å². The highest BCUT2D eigenvalue weighted by Gasteiger charge is 2.23. The van der Waals surface area contributed by atoms with Crippen LogP contribution >= 0.6 is 23.4 Å². The quantitative estimate of drug-likeness (QED) is 0.527. The monoisotopic (exact) mass is 442 g/mol. The van der Waals surface area contributed by atoms with Crippen LogP contribution in [0.25, 0.3) is 11.3 Å². The predicted octanol–water partition coefficient (Wildman–Crippen LogP) is 4.90. The Labute approximate surface area is 185 Å². The van der Waals surface area contributed by atoms with E-state index >= 15 is 0 Å². The van der Waals surface area contributed by atoms with Crippen LogP contribution in [0.3, 0.4) is 0 Å². The molecular formula is C22H23ClN4O2S. The van der Waals surface area contributed by atoms with E-state index in [2.05, 4.69) is 32.0 Å². The molecule has 1 aliphatic rings. The molecular weight excluding hydrogens is 420 g/mol. The normalized spacial score (nSPS) is 17.1. The number of halogens is 1. The average Bonchev–Trinajstić information content (AvgIpc) is 3.41. The Hall–Kier alpha value is -2.35. The predicted molar refractivity (Wildman–Crippen MR) is 120 cm³/mol. The van der Waals surface area contributed by atoms with Crippen molar-refractivity contribution in [1.82, 2.24) is 14.5 Å². The molecule has 6 nitrogen and oxygen atoms in total. The molecule has 0 saturated carbocycles. The van der Waals surface area contributed by atoms with Crippen LogP contribution in [-0.4, -0.2) is 38.4 Å². The van der Waals surface area contributed by atoms with Gasteiger partial charge in [-0.3, -0.25) is 4.79 Å². The number of thioether (sulfide) groups is 1. The lowest BCUT2D eigenvalue weighted by atomic mass is 10.1. The SMILES string of the molecule is CC(Sc1ncc(-c2ccccc2)n1CC1CCCO1)C(=O)Nc1ccc(Cl)cn1. The number of carbonyl (C=O) groups excluding carboxylic acids is 1. The van der Waals surface area contributed by atoms with Crippen molar-refractivity contribution in [2.45, 2.75) is 42.8 Å². The number of nitrogens with one attached hydrogen (secondary N) is 1. The number of hydrogen-bond acceptors (Lipinski definition) is 5. The van der Waals surface area contributed by atoms with Crippen molar-refractivity contribution in [3.63, 3.8) is 0 Å². The van der Waals surface area contributed by atoms with E-state index in [1.54, 1.807) is 12.1 Å². The summed E-state index contributed by atoms with van der Waals surface area (Å²) in [6, 6.07) is 13.5. The third kappa shape index (κ3) is 5.03. The number of aromatic nitrogens is 3. The number of rotatable bonds is 7. The van der Waals surface area contributed by atoms with Crippen molar-refractivity contribution in [1.29, 1.82) is 0 Å². The van der Waals surface area contributed by atoms with E-state index in [-0.39, 0.29) is 17.3 Å². The molecule has 1 aromatic carbocycles. The second-order valence-electron chi connectivity index (χ2n) is 7.15. The first kappa shape index (κ1) is 20.9. The summed E-state index contributed by atoms with van der Waals surface area (Å²) in [5.74, 6) is 0.340. The fourth-order valence-corrected chi connectivity index (χ4v) is 4.36. The van der Waals surface area contributed by atoms with Crippen molar-refractivity contribution in [2.75, 3.05) is 11.9 Å². The van der Waals surface area contributed by atoms with Crippen LogP contribution in [0, 0.1) is 0 Å². The summed E-state index contributed by atoms with van der Waals surface area (Å²) in [6.45, 7) is 3.39. The van der Waals surface area contributed by atoms with Gasteiger partial charge in [-0.15, -0.1) is 0 Å². The van der Waals surface area contributed by atoms with Gasteiger partial charge in [0, 0.05) is 12.8 Å². The molecule has 4 rings (SSSR count). The molecule has 30 heavy (non-hydrogen) atoms. The minimum Gasteiger partial charge on any atom is -0.376 e. The zero-order valence-corrected chi connectivity index (χ0v) is 18.2. The van der Waals surface area contributed by atoms with Gasteiger partial charge in [-0.2, -0.15) is 0 Å². The van der Waals surface area contributed by atoms with E-state index < -0.39 is 0 Å². The summed E-state index contributed by atoms with van der Waals surface area (Å²) < 4.78 is 8.02. The minimum atomic E-state index is -0.350. The highest BCUT2D eigenvalue weighted by Crippen LogP contribution is 2.30. The topological polar surface area (TPSA) is 69.0 Å². The van der Waals surface area contributed by atoms with Gasteiger partial charge in [-0.25, -0.2) is 9.97 Å². The van der Waals surface area contributed by atoms with Gasteiger partial charge in [0.1, 0.15) is 5.82 Å². The molecule has 156 valence electrons. The van der Waals surface area contributed by atoms with Crippen molar-refractivity contribution < 1.29 is 9.53 Å². The Bertz CT molecular complexity index is 988. The largest absolute Gasteiger partial charge is 0.376 e. The Balaban J connectivity index is 1.52. The Morgan fingerprint density at radius 1 is 1.27 bits per heavy atom. The summed E-state index contributed by atoms with van der Waals surface area (Å²) in [5.41, 5.74) is 2.12. The first-order valence-corrected chi connectivity index (χ1v) is 11.2. The molecule has 3 heterocycles. The maximum Gasteiger partial charge on any atom is 0.238 e. The molecule has 1 saturated heterocycles. The summed E-state index contributed by atoms with van der Waals surface area (Å²) in [7, 11) is 0. The van der Waals surface area contributed by atoms with Crippen LogP contribution in [0.1, 0.15) is 19.8 Å². The molecule has 0 bridgehead atoms. The van der Waals surface area contributed by atoms with E-state index in [0.29, 0.717) is 10.8 Å². The lowest BCUT2D eigenvalue weighted by Crippen LogP contribution is -2.24. The summed E-state index contributed by atoms with van der Waals surface area (Å²) >= 11 is 7.29. The fraction of sp³-hybridized carbons (Fsp3) is 0.318. The van der Waals surface area contributed by atoms with Crippen molar-refractivity contribution in [3.05, 3.63) is 59.9 Å². The number of benzene rings is 1. The number of ether oxygens (including phenoxy) is 1. The smallest absolute Gasteiger partial charge is 0.238 e. The van der Waals surface area contributed by atoms with E-state index in [9.17, 15) is 4.79 Å². The molecule has 2 unspecified atom stereocenters. The molecule has 0 spiro atoms. The first-order chi connectivity index (χ1) is 14.6. The van der Waals surface area contributed by atoms with Gasteiger partial charge in [-0.05, 0) is 37.5 Å². The molecule has 1 N–H and O–H groups in total. The van der Waals surface area contributed by atoms with Gasteiger partial charge < -0.3 is 14.6 Å². The van der Waals surface area contributed by atoms with Gasteiger partial charge in [0.25, 0.3) is 0 Å². The maximum absolute atomic E-state index is 12.7. The molecule has 1 amide bonds. The first-order valence-electron chi connectivity index (χ1n) is 9.92. The highest BCUT2D eigenvalue weighted by atomic mass is 35.5. The summed E-state index contributed by atoms with van der Waals surface area (Å²) in [5, 5.41) is 3.81. The number of pyridine rings is 1. The number of nitrogens with zero attached hydrogens (tertiary/aromatic N) is 3. The summed E-state index contributed by atoms with van der Waals surface area (Å²) in [6.07, 6.45) is 5.67. The fourth-order valence-electron chi connectivity index (χ4n) is 3.35. The number of amides is 1. The highest BCUT2D eigenvalue weighted by molar-refractivity contribution is 8.00. The third-order valence-corrected chi connectivity index (χ3v) is 6.26. The Morgan fingerprint density at radius 2 is 2.10 bits per heavy atom. The van der Waals surface area contributed by atoms with E-state index in [0.717, 1.165) is 42.4 Å². The molecule has 0 radical (unpaired) electrons. The van der Waals surface area contributed by atoms with E-state index in [1.165, 1.54) is 18.0 Å². The van der Waals surface area contributed by atoms with Gasteiger partial charge in [0.15, 0.2) is 5.16 Å². The van der Waals surface area contributed by atoms with Gasteiger partial charge in [0.05, 0.1) is 34.8 Å². The van der Waals surface area contributed by atoms with Gasteiger partial charge in [0.2, 0.25) is 5.91 Å². The lowest BCUT2D eigenvalue weighted by molar-refractivity contribution is -0.115. The molecule has 8 heteroatoms. The van der Waals surface area contributed by atoms with Gasteiger partial charge >= 0.3 is 0 Å². The van der Waals surface area contributed by atoms with Crippen molar-refractivity contribution >= 4 is 35.1 Å². The van der Waals surface area contributed by atoms with Crippen molar-refractivity contribution in [2.24, 2.45) is 0 Å². The summed E-state index contributed by atoms with van der Waals surface area (Å²) in [4.78, 5) is 21.4. The maximum atomic E-state index is 12.7. The number of imidazole rings is 1. The molecule has 1 aliphatic heterocycles. The van der Waals surface area contributed by atoms with Gasteiger partial charge in [-0.1, -0.05) is 53.7 Å². The third-order valence-electron chi connectivity index (χ3n) is 4.93. The standard InChI is InChI=1S/C22H23ClN4O2S/c1-15(21(28)26-20-10-9-17(23)12-24-20)30-22-25-13-19(16-6-3-2-4-7-16)27(22)14-18-8-5-11-29-18/h2-4,6-7,9-10,12-13,15,18H,5,8,11,14H2,1H3,(H,24,26,28). The van der Waals surface area contributed by atoms with Crippen LogP contribution < -0.4 is 5.32 Å². The lowest BCUT2D eigenvalue weighted by Gasteiger charge is -2.17. The number of carbonyl (C=O) groups is 1. The van der Waals surface area contributed by atoms with E-state index in [1.807, 2.05) is 31.3 Å². The zero-order valence-electron chi connectivity index (χ0n) is 16.6. The van der Waals surface area contributed by atoms with Crippen LogP contribution in [0.4, 0.5) is 5.82 Å². The second kappa shape index (κ2) is 9.64. The molecule has 0 aliphatic carbocycles. The van der Waals surface area contributed by atoms with Crippen LogP contribution in [-0.2, 0) is 16.1 Å². The number of anilines is 1. The molecule has 2 aromatic heterocycles. The average molecular weight is 443 g/mol. The Morgan fingerprint density at radius 3 is 2.80 bits per heavy atom. The van der Waals surface area contributed by atoms with Crippen molar-refractivity contribution in [3.8, 4) is 11.3 Å². The number of hydrogen-bond donors (Lipinski definition) is 1. The molecule has 3 aromatic rings. The van der Waals surface area contributed by atoms with Crippen LogP contribution in [0.2, 0.25) is 5.02 Å². The molecule has 2 atom stereocenters. The Kier molecular flexibility index (Phi) is 6.72. The molecule has 1 fully saturated rings. The minimum absolute atomic E-state index is 0.136. The second-order valence-corrected chi connectivity index (χ2v) is 8.89. The zero-order chi connectivity index (χ0) is 20.9. The van der Waals surface area contributed by atoms with E-state index in [4.69, 9.17) is 16.3 Å².